The summed E-state index contributed by atoms with van der Waals surface area (Å²) in [5.74, 6) is 0.273. The first-order chi connectivity index (χ1) is 17.4. The first kappa shape index (κ1) is 23.1. The molecule has 5 aromatic rings. The number of pyridine rings is 1. The van der Waals surface area contributed by atoms with Crippen molar-refractivity contribution in [2.24, 2.45) is 0 Å². The standard InChI is InChI=1S/C26H20N5O4S/c32-31(33)21-9-6-10-22(18-21)36(34,35)29-25-26(28-24-12-5-4-11-23(24)27-25)30-15-13-20(14-16-30)17-19-7-2-1-3-8-19/h1-16,18H,17H2,(H,27,29)/q+1. The number of non-ortho nitro benzene ring substituents is 1. The van der Waals surface area contributed by atoms with Crippen LogP contribution in [0.5, 0.6) is 0 Å². The smallest absolute Gasteiger partial charge is 0.258 e. The number of aromatic nitrogens is 3. The number of fused-ring (bicyclic) bond motifs is 1. The van der Waals surface area contributed by atoms with E-state index < -0.39 is 14.9 Å². The molecule has 3 aromatic carbocycles. The molecule has 0 atom stereocenters. The molecular weight excluding hydrogens is 478 g/mol. The Morgan fingerprint density at radius 1 is 0.806 bits per heavy atom. The third-order valence-electron chi connectivity index (χ3n) is 5.52. The summed E-state index contributed by atoms with van der Waals surface area (Å²) in [5, 5.41) is 11.1. The van der Waals surface area contributed by atoms with Crippen LogP contribution in [0.2, 0.25) is 0 Å². The van der Waals surface area contributed by atoms with E-state index in [9.17, 15) is 18.5 Å². The minimum absolute atomic E-state index is 0.000940. The molecule has 0 fully saturated rings. The maximum absolute atomic E-state index is 13.1. The summed E-state index contributed by atoms with van der Waals surface area (Å²) in [6.07, 6.45) is 4.34. The quantitative estimate of drug-likeness (QED) is 0.204. The lowest BCUT2D eigenvalue weighted by Crippen LogP contribution is -2.33. The van der Waals surface area contributed by atoms with Crippen LogP contribution in [0.3, 0.4) is 0 Å². The molecule has 0 amide bonds. The Morgan fingerprint density at radius 2 is 1.44 bits per heavy atom. The van der Waals surface area contributed by atoms with Gasteiger partial charge in [0.15, 0.2) is 0 Å². The van der Waals surface area contributed by atoms with Gasteiger partial charge in [0.05, 0.1) is 22.2 Å². The van der Waals surface area contributed by atoms with Gasteiger partial charge >= 0.3 is 5.82 Å². The van der Waals surface area contributed by atoms with Gasteiger partial charge < -0.3 is 0 Å². The maximum Gasteiger partial charge on any atom is 0.372 e. The van der Waals surface area contributed by atoms with Crippen molar-refractivity contribution < 1.29 is 17.9 Å². The largest absolute Gasteiger partial charge is 0.372 e. The molecule has 178 valence electrons. The van der Waals surface area contributed by atoms with Crippen LogP contribution in [-0.2, 0) is 16.4 Å². The second kappa shape index (κ2) is 9.51. The average molecular weight is 499 g/mol. The molecule has 5 rings (SSSR count). The third-order valence-corrected chi connectivity index (χ3v) is 6.85. The van der Waals surface area contributed by atoms with Crippen LogP contribution in [0.1, 0.15) is 11.1 Å². The summed E-state index contributed by atoms with van der Waals surface area (Å²) in [6.45, 7) is 0. The zero-order chi connectivity index (χ0) is 25.1. The third kappa shape index (κ3) is 4.89. The molecule has 0 bridgehead atoms. The van der Waals surface area contributed by atoms with Gasteiger partial charge in [-0.25, -0.2) is 18.0 Å². The number of nitro benzene ring substituents is 1. The van der Waals surface area contributed by atoms with Gasteiger partial charge in [0.2, 0.25) is 11.3 Å². The van der Waals surface area contributed by atoms with E-state index in [-0.39, 0.29) is 22.2 Å². The number of nitrogens with zero attached hydrogens (tertiary/aromatic N) is 4. The Balaban J connectivity index is 1.54. The molecule has 0 saturated heterocycles. The number of nitrogens with one attached hydrogen (secondary N) is 1. The molecule has 0 aliphatic heterocycles. The highest BCUT2D eigenvalue weighted by Crippen LogP contribution is 2.23. The molecule has 36 heavy (non-hydrogen) atoms. The van der Waals surface area contributed by atoms with E-state index >= 15 is 0 Å². The van der Waals surface area contributed by atoms with Crippen molar-refractivity contribution in [3.05, 3.63) is 125 Å². The minimum Gasteiger partial charge on any atom is -0.258 e. The summed E-state index contributed by atoms with van der Waals surface area (Å²) in [5.41, 5.74) is 3.01. The van der Waals surface area contributed by atoms with Gasteiger partial charge in [-0.15, -0.1) is 0 Å². The van der Waals surface area contributed by atoms with Gasteiger partial charge in [0.25, 0.3) is 15.7 Å². The first-order valence-electron chi connectivity index (χ1n) is 11.0. The molecule has 10 heteroatoms. The van der Waals surface area contributed by atoms with E-state index in [0.29, 0.717) is 11.0 Å². The predicted molar refractivity (Wildman–Crippen MR) is 134 cm³/mol. The Labute approximate surface area is 206 Å². The van der Waals surface area contributed by atoms with E-state index in [4.69, 9.17) is 0 Å². The highest BCUT2D eigenvalue weighted by molar-refractivity contribution is 7.92. The predicted octanol–water partition coefficient (Wildman–Crippen LogP) is 4.21. The fourth-order valence-electron chi connectivity index (χ4n) is 3.74. The van der Waals surface area contributed by atoms with Crippen molar-refractivity contribution in [3.63, 3.8) is 0 Å². The number of benzene rings is 3. The molecule has 0 radical (unpaired) electrons. The highest BCUT2D eigenvalue weighted by atomic mass is 32.2. The van der Waals surface area contributed by atoms with Gasteiger partial charge in [-0.05, 0) is 52.9 Å². The monoisotopic (exact) mass is 498 g/mol. The van der Waals surface area contributed by atoms with Crippen LogP contribution in [0, 0.1) is 10.1 Å². The summed E-state index contributed by atoms with van der Waals surface area (Å²) in [4.78, 5) is 19.4. The highest BCUT2D eigenvalue weighted by Gasteiger charge is 2.26. The molecule has 1 N–H and O–H groups in total. The number of anilines is 1. The Hall–Kier alpha value is -4.70. The molecular formula is C26H20N5O4S+. The summed E-state index contributed by atoms with van der Waals surface area (Å²) < 4.78 is 30.4. The van der Waals surface area contributed by atoms with Crippen molar-refractivity contribution >= 4 is 32.6 Å². The number of hydrogen-bond acceptors (Lipinski definition) is 6. The van der Waals surface area contributed by atoms with Gasteiger partial charge in [-0.1, -0.05) is 48.5 Å². The summed E-state index contributed by atoms with van der Waals surface area (Å²) in [7, 11) is -4.19. The molecule has 0 aliphatic carbocycles. The second-order valence-corrected chi connectivity index (χ2v) is 9.70. The van der Waals surface area contributed by atoms with Crippen LogP contribution in [0.25, 0.3) is 16.9 Å². The van der Waals surface area contributed by atoms with E-state index in [0.717, 1.165) is 18.1 Å². The number of nitro groups is 1. The van der Waals surface area contributed by atoms with Gasteiger partial charge in [0.1, 0.15) is 5.52 Å². The molecule has 2 heterocycles. The van der Waals surface area contributed by atoms with E-state index in [2.05, 4.69) is 26.8 Å². The number of para-hydroxylation sites is 2. The lowest BCUT2D eigenvalue weighted by atomic mass is 10.1. The molecule has 2 aromatic heterocycles. The lowest BCUT2D eigenvalue weighted by molar-refractivity contribution is -0.598. The maximum atomic E-state index is 13.1. The topological polar surface area (TPSA) is 119 Å². The molecule has 9 nitrogen and oxygen atoms in total. The Morgan fingerprint density at radius 3 is 2.14 bits per heavy atom. The van der Waals surface area contributed by atoms with Crippen molar-refractivity contribution in [1.82, 2.24) is 9.97 Å². The number of sulfonamides is 1. The SMILES string of the molecule is O=[N+]([O-])c1cccc(S(=O)(=O)Nc2nc3ccccc3nc2-[n+]2ccc(Cc3ccccc3)cc2)c1. The van der Waals surface area contributed by atoms with Crippen LogP contribution >= 0.6 is 0 Å². The van der Waals surface area contributed by atoms with Crippen molar-refractivity contribution in [1.29, 1.82) is 0 Å². The van der Waals surface area contributed by atoms with Gasteiger partial charge in [-0.3, -0.25) is 14.8 Å². The lowest BCUT2D eigenvalue weighted by Gasteiger charge is -2.09. The molecule has 0 saturated carbocycles. The fourth-order valence-corrected chi connectivity index (χ4v) is 4.78. The number of hydrogen-bond donors (Lipinski definition) is 1. The van der Waals surface area contributed by atoms with Crippen molar-refractivity contribution in [3.8, 4) is 5.82 Å². The minimum atomic E-state index is -4.19. The number of rotatable bonds is 7. The van der Waals surface area contributed by atoms with Gasteiger partial charge in [-0.2, -0.15) is 0 Å². The van der Waals surface area contributed by atoms with Crippen molar-refractivity contribution in [2.45, 2.75) is 11.3 Å². The average Bonchev–Trinajstić information content (AvgIpc) is 2.89. The molecule has 0 aliphatic rings. The fraction of sp³-hybridized carbons (Fsp3) is 0.0385. The second-order valence-electron chi connectivity index (χ2n) is 8.02. The molecule has 0 spiro atoms. The van der Waals surface area contributed by atoms with E-state index in [1.54, 1.807) is 35.2 Å². The first-order valence-corrected chi connectivity index (χ1v) is 12.5. The zero-order valence-corrected chi connectivity index (χ0v) is 19.7. The van der Waals surface area contributed by atoms with Crippen LogP contribution in [-0.4, -0.2) is 23.3 Å². The normalized spacial score (nSPS) is 11.3. The summed E-state index contributed by atoms with van der Waals surface area (Å²) >= 11 is 0. The summed E-state index contributed by atoms with van der Waals surface area (Å²) in [6, 6.07) is 25.9. The molecule has 0 unspecified atom stereocenters. The van der Waals surface area contributed by atoms with Crippen LogP contribution < -0.4 is 9.29 Å². The Kier molecular flexibility index (Phi) is 6.09. The van der Waals surface area contributed by atoms with Crippen LogP contribution in [0.4, 0.5) is 11.5 Å². The van der Waals surface area contributed by atoms with E-state index in [1.165, 1.54) is 23.8 Å². The van der Waals surface area contributed by atoms with Crippen molar-refractivity contribution in [2.75, 3.05) is 4.72 Å². The Bertz CT molecular complexity index is 1670. The van der Waals surface area contributed by atoms with E-state index in [1.807, 2.05) is 36.4 Å². The van der Waals surface area contributed by atoms with Crippen LogP contribution in [0.15, 0.2) is 108 Å². The van der Waals surface area contributed by atoms with Gasteiger partial charge in [0, 0.05) is 12.1 Å². The zero-order valence-electron chi connectivity index (χ0n) is 18.9.